The Morgan fingerprint density at radius 3 is 2.60 bits per heavy atom. The lowest BCUT2D eigenvalue weighted by atomic mass is 10.1. The van der Waals surface area contributed by atoms with Crippen molar-refractivity contribution in [3.05, 3.63) is 56.8 Å². The Balaban J connectivity index is 1.74. The third-order valence-electron chi connectivity index (χ3n) is 3.68. The fourth-order valence-corrected chi connectivity index (χ4v) is 3.55. The fourth-order valence-electron chi connectivity index (χ4n) is 2.62. The van der Waals surface area contributed by atoms with Gasteiger partial charge in [0.25, 0.3) is 5.91 Å². The number of carbonyl (C=O) groups is 1. The number of nitrogen functional groups attached to an aromatic ring is 1. The zero-order valence-electron chi connectivity index (χ0n) is 11.3. The summed E-state index contributed by atoms with van der Waals surface area (Å²) in [7, 11) is 0. The number of nitrogens with two attached hydrogens (primary N) is 1. The first-order valence-corrected chi connectivity index (χ1v) is 7.38. The molecule has 0 unspecified atom stereocenters. The Bertz CT molecular complexity index is 625. The topological polar surface area (TPSA) is 58.4 Å². The first-order chi connectivity index (χ1) is 9.67. The summed E-state index contributed by atoms with van der Waals surface area (Å²) in [6.07, 6.45) is 0. The summed E-state index contributed by atoms with van der Waals surface area (Å²) in [5.74, 6) is 4.97. The summed E-state index contributed by atoms with van der Waals surface area (Å²) in [6, 6.07) is 10.5. The first kappa shape index (κ1) is 13.3. The van der Waals surface area contributed by atoms with E-state index in [0.717, 1.165) is 19.6 Å². The minimum atomic E-state index is -0.214. The van der Waals surface area contributed by atoms with E-state index in [4.69, 9.17) is 5.84 Å². The Hall–Kier alpha value is -1.69. The number of fused-ring (bicyclic) bond motifs is 1. The summed E-state index contributed by atoms with van der Waals surface area (Å²) in [6.45, 7) is 4.87. The third-order valence-corrected chi connectivity index (χ3v) is 4.77. The van der Waals surface area contributed by atoms with E-state index >= 15 is 0 Å². The van der Waals surface area contributed by atoms with Crippen molar-refractivity contribution in [2.24, 2.45) is 5.84 Å². The van der Waals surface area contributed by atoms with E-state index in [1.165, 1.54) is 32.9 Å². The minimum Gasteiger partial charge on any atom is -0.291 e. The molecule has 4 nitrogen and oxygen atoms in total. The summed E-state index contributed by atoms with van der Waals surface area (Å²) < 4.78 is 0. The van der Waals surface area contributed by atoms with Gasteiger partial charge in [-0.25, -0.2) is 5.84 Å². The molecule has 3 rings (SSSR count). The lowest BCUT2D eigenvalue weighted by Gasteiger charge is -2.14. The number of nitrogens with zero attached hydrogens (tertiary/aromatic N) is 1. The molecule has 1 aliphatic heterocycles. The van der Waals surface area contributed by atoms with Crippen molar-refractivity contribution in [3.63, 3.8) is 0 Å². The zero-order valence-corrected chi connectivity index (χ0v) is 12.2. The number of thiophene rings is 1. The van der Waals surface area contributed by atoms with E-state index in [9.17, 15) is 4.79 Å². The molecule has 1 aromatic heterocycles. The zero-order chi connectivity index (χ0) is 14.1. The summed E-state index contributed by atoms with van der Waals surface area (Å²) in [4.78, 5) is 15.8. The second kappa shape index (κ2) is 5.36. The van der Waals surface area contributed by atoms with E-state index in [0.29, 0.717) is 4.88 Å². The van der Waals surface area contributed by atoms with Crippen molar-refractivity contribution in [1.29, 1.82) is 0 Å². The molecule has 20 heavy (non-hydrogen) atoms. The molecule has 2 aromatic rings. The maximum atomic E-state index is 11.6. The van der Waals surface area contributed by atoms with Crippen LogP contribution in [0.1, 0.15) is 31.2 Å². The molecule has 0 aliphatic carbocycles. The van der Waals surface area contributed by atoms with Gasteiger partial charge in [-0.2, -0.15) is 0 Å². The van der Waals surface area contributed by atoms with Crippen LogP contribution >= 0.6 is 11.3 Å². The fraction of sp³-hybridized carbons (Fsp3) is 0.267. The highest BCUT2D eigenvalue weighted by Crippen LogP contribution is 2.27. The molecule has 0 radical (unpaired) electrons. The highest BCUT2D eigenvalue weighted by Gasteiger charge is 2.20. The molecule has 5 heteroatoms. The molecule has 3 N–H and O–H groups in total. The maximum absolute atomic E-state index is 11.6. The standard InChI is InChI=1S/C15H17N3OS/c1-10-13(6-14(20-10)15(19)17-16)9-18-7-11-4-2-3-5-12(11)8-18/h2-6H,7-9,16H2,1H3,(H,17,19). The first-order valence-electron chi connectivity index (χ1n) is 6.57. The third kappa shape index (κ3) is 2.47. The average Bonchev–Trinajstić information content (AvgIpc) is 3.02. The number of aryl methyl sites for hydroxylation is 1. The number of rotatable bonds is 3. The number of hydrogen-bond acceptors (Lipinski definition) is 4. The van der Waals surface area contributed by atoms with Crippen molar-refractivity contribution in [1.82, 2.24) is 10.3 Å². The van der Waals surface area contributed by atoms with E-state index in [1.807, 2.05) is 6.07 Å². The van der Waals surface area contributed by atoms with Crippen molar-refractivity contribution in [2.75, 3.05) is 0 Å². The van der Waals surface area contributed by atoms with Crippen LogP contribution in [0.25, 0.3) is 0 Å². The van der Waals surface area contributed by atoms with Crippen LogP contribution in [-0.2, 0) is 19.6 Å². The van der Waals surface area contributed by atoms with Crippen LogP contribution < -0.4 is 11.3 Å². The lowest BCUT2D eigenvalue weighted by Crippen LogP contribution is -2.29. The van der Waals surface area contributed by atoms with Crippen LogP contribution in [0.15, 0.2) is 30.3 Å². The number of hydrazine groups is 1. The lowest BCUT2D eigenvalue weighted by molar-refractivity contribution is 0.0957. The molecular weight excluding hydrogens is 270 g/mol. The quantitative estimate of drug-likeness (QED) is 0.517. The number of amides is 1. The van der Waals surface area contributed by atoms with Gasteiger partial charge in [0.15, 0.2) is 0 Å². The molecule has 0 fully saturated rings. The Morgan fingerprint density at radius 2 is 2.00 bits per heavy atom. The van der Waals surface area contributed by atoms with Crippen molar-refractivity contribution < 1.29 is 4.79 Å². The maximum Gasteiger partial charge on any atom is 0.275 e. The Labute approximate surface area is 122 Å². The SMILES string of the molecule is Cc1sc(C(=O)NN)cc1CN1Cc2ccccc2C1. The predicted octanol–water partition coefficient (Wildman–Crippen LogP) is 2.18. The van der Waals surface area contributed by atoms with Gasteiger partial charge in [0.05, 0.1) is 4.88 Å². The molecule has 0 spiro atoms. The number of carbonyl (C=O) groups excluding carboxylic acids is 1. The van der Waals surface area contributed by atoms with Gasteiger partial charge < -0.3 is 0 Å². The summed E-state index contributed by atoms with van der Waals surface area (Å²) in [5, 5.41) is 0. The van der Waals surface area contributed by atoms with Gasteiger partial charge in [-0.15, -0.1) is 11.3 Å². The average molecular weight is 287 g/mol. The molecule has 0 atom stereocenters. The Kier molecular flexibility index (Phi) is 3.56. The Morgan fingerprint density at radius 1 is 1.35 bits per heavy atom. The molecule has 1 aromatic carbocycles. The predicted molar refractivity (Wildman–Crippen MR) is 80.1 cm³/mol. The van der Waals surface area contributed by atoms with Crippen LogP contribution in [0, 0.1) is 6.92 Å². The van der Waals surface area contributed by atoms with Crippen LogP contribution in [0.2, 0.25) is 0 Å². The number of nitrogens with one attached hydrogen (secondary N) is 1. The number of benzene rings is 1. The number of hydrogen-bond donors (Lipinski definition) is 2. The molecule has 104 valence electrons. The van der Waals surface area contributed by atoms with E-state index in [1.54, 1.807) is 0 Å². The molecule has 0 saturated carbocycles. The van der Waals surface area contributed by atoms with Gasteiger partial charge in [-0.3, -0.25) is 15.1 Å². The normalized spacial score (nSPS) is 14.3. The van der Waals surface area contributed by atoms with Gasteiger partial charge in [0.1, 0.15) is 0 Å². The monoisotopic (exact) mass is 287 g/mol. The highest BCUT2D eigenvalue weighted by molar-refractivity contribution is 7.14. The largest absolute Gasteiger partial charge is 0.291 e. The van der Waals surface area contributed by atoms with E-state index in [2.05, 4.69) is 41.5 Å². The van der Waals surface area contributed by atoms with E-state index in [-0.39, 0.29) is 5.91 Å². The van der Waals surface area contributed by atoms with Crippen molar-refractivity contribution in [3.8, 4) is 0 Å². The molecule has 1 amide bonds. The van der Waals surface area contributed by atoms with Crippen LogP contribution in [0.3, 0.4) is 0 Å². The molecule has 2 heterocycles. The summed E-state index contributed by atoms with van der Waals surface area (Å²) in [5.41, 5.74) is 6.20. The second-order valence-electron chi connectivity index (χ2n) is 5.08. The van der Waals surface area contributed by atoms with Gasteiger partial charge in [0, 0.05) is 24.5 Å². The van der Waals surface area contributed by atoms with Gasteiger partial charge in [0.2, 0.25) is 0 Å². The molecule has 0 saturated heterocycles. The van der Waals surface area contributed by atoms with Crippen molar-refractivity contribution in [2.45, 2.75) is 26.6 Å². The second-order valence-corrected chi connectivity index (χ2v) is 6.34. The molecule has 1 aliphatic rings. The van der Waals surface area contributed by atoms with E-state index < -0.39 is 0 Å². The van der Waals surface area contributed by atoms with Gasteiger partial charge in [-0.1, -0.05) is 24.3 Å². The van der Waals surface area contributed by atoms with Crippen LogP contribution in [-0.4, -0.2) is 10.8 Å². The van der Waals surface area contributed by atoms with Crippen LogP contribution in [0.4, 0.5) is 0 Å². The smallest absolute Gasteiger partial charge is 0.275 e. The van der Waals surface area contributed by atoms with Crippen molar-refractivity contribution >= 4 is 17.2 Å². The van der Waals surface area contributed by atoms with Gasteiger partial charge >= 0.3 is 0 Å². The molecular formula is C15H17N3OS. The van der Waals surface area contributed by atoms with Gasteiger partial charge in [-0.05, 0) is 29.7 Å². The minimum absolute atomic E-state index is 0.214. The molecule has 0 bridgehead atoms. The van der Waals surface area contributed by atoms with Crippen LogP contribution in [0.5, 0.6) is 0 Å². The highest BCUT2D eigenvalue weighted by atomic mass is 32.1. The summed E-state index contributed by atoms with van der Waals surface area (Å²) >= 11 is 1.50.